The molecule has 30 heavy (non-hydrogen) atoms. The number of aliphatic hydroxyl groups is 2. The third-order valence-electron chi connectivity index (χ3n) is 4.88. The van der Waals surface area contributed by atoms with Crippen molar-refractivity contribution in [2.45, 2.75) is 31.3 Å². The molecule has 3 atom stereocenters. The summed E-state index contributed by atoms with van der Waals surface area (Å²) in [6.45, 7) is -0.0418. The number of aromatic nitrogens is 4. The molecule has 0 amide bonds. The Hall–Kier alpha value is -3.35. The van der Waals surface area contributed by atoms with Gasteiger partial charge in [-0.2, -0.15) is 9.97 Å². The van der Waals surface area contributed by atoms with Crippen LogP contribution >= 0.6 is 0 Å². The molecule has 4 N–H and O–H groups in total. The van der Waals surface area contributed by atoms with Crippen molar-refractivity contribution in [3.05, 3.63) is 46.3 Å². The minimum Gasteiger partial charge on any atom is -0.476 e. The molecule has 12 heteroatoms. The van der Waals surface area contributed by atoms with E-state index in [0.29, 0.717) is 17.6 Å². The van der Waals surface area contributed by atoms with Crippen molar-refractivity contribution in [1.29, 1.82) is 0 Å². The smallest absolute Gasteiger partial charge is 0.269 e. The van der Waals surface area contributed by atoms with E-state index in [4.69, 9.17) is 15.2 Å². The van der Waals surface area contributed by atoms with E-state index >= 15 is 0 Å². The molecule has 12 nitrogen and oxygen atoms in total. The summed E-state index contributed by atoms with van der Waals surface area (Å²) in [5.74, 6) is 0.197. The summed E-state index contributed by atoms with van der Waals surface area (Å²) in [6, 6.07) is 6.21. The predicted molar refractivity (Wildman–Crippen MR) is 104 cm³/mol. The van der Waals surface area contributed by atoms with Crippen LogP contribution in [0.15, 0.2) is 30.6 Å². The van der Waals surface area contributed by atoms with Gasteiger partial charge < -0.3 is 25.4 Å². The number of nitro benzene ring substituents is 1. The molecule has 3 aromatic rings. The van der Waals surface area contributed by atoms with Gasteiger partial charge in [-0.1, -0.05) is 12.1 Å². The molecule has 0 radical (unpaired) electrons. The Labute approximate surface area is 170 Å². The first kappa shape index (κ1) is 19.9. The molecule has 3 heterocycles. The van der Waals surface area contributed by atoms with E-state index in [1.807, 2.05) is 0 Å². The normalized spacial score (nSPS) is 21.2. The van der Waals surface area contributed by atoms with Gasteiger partial charge in [-0.15, -0.1) is 0 Å². The number of ether oxygens (including phenoxy) is 2. The number of benzene rings is 1. The summed E-state index contributed by atoms with van der Waals surface area (Å²) in [6.07, 6.45) is 0.249. The largest absolute Gasteiger partial charge is 0.476 e. The Balaban J connectivity index is 1.49. The van der Waals surface area contributed by atoms with Crippen molar-refractivity contribution in [3.8, 4) is 5.88 Å². The minimum absolute atomic E-state index is 0.00756. The molecule has 1 aliphatic heterocycles. The number of hydrogen-bond donors (Lipinski definition) is 3. The summed E-state index contributed by atoms with van der Waals surface area (Å²) < 4.78 is 13.0. The van der Waals surface area contributed by atoms with Gasteiger partial charge in [0.2, 0.25) is 11.8 Å². The number of nitrogen functional groups attached to an aromatic ring is 1. The van der Waals surface area contributed by atoms with E-state index in [-0.39, 0.29) is 37.2 Å². The molecule has 158 valence electrons. The van der Waals surface area contributed by atoms with Gasteiger partial charge in [0.15, 0.2) is 11.2 Å². The molecule has 0 saturated carbocycles. The molecule has 1 saturated heterocycles. The Morgan fingerprint density at radius 3 is 2.77 bits per heavy atom. The quantitative estimate of drug-likeness (QED) is 0.365. The van der Waals surface area contributed by atoms with Crippen molar-refractivity contribution in [1.82, 2.24) is 19.5 Å². The third kappa shape index (κ3) is 3.87. The molecule has 4 rings (SSSR count). The minimum atomic E-state index is -0.797. The Bertz CT molecular complexity index is 1060. The monoisotopic (exact) mass is 416 g/mol. The highest BCUT2D eigenvalue weighted by Crippen LogP contribution is 2.32. The Morgan fingerprint density at radius 1 is 1.33 bits per heavy atom. The first-order valence-corrected chi connectivity index (χ1v) is 9.27. The topological polar surface area (TPSA) is 172 Å². The zero-order valence-electron chi connectivity index (χ0n) is 15.8. The number of fused-ring (bicyclic) bond motifs is 1. The fourth-order valence-electron chi connectivity index (χ4n) is 3.32. The van der Waals surface area contributed by atoms with E-state index in [1.54, 1.807) is 16.7 Å². The van der Waals surface area contributed by atoms with Gasteiger partial charge in [-0.3, -0.25) is 14.7 Å². The molecule has 1 fully saturated rings. The molecular weight excluding hydrogens is 396 g/mol. The molecule has 0 bridgehead atoms. The van der Waals surface area contributed by atoms with Crippen LogP contribution in [0.3, 0.4) is 0 Å². The van der Waals surface area contributed by atoms with Crippen LogP contribution in [0.25, 0.3) is 11.2 Å². The van der Waals surface area contributed by atoms with Crippen molar-refractivity contribution >= 4 is 22.8 Å². The molecule has 1 aromatic carbocycles. The number of imidazole rings is 1. The second-order valence-electron chi connectivity index (χ2n) is 6.85. The highest BCUT2D eigenvalue weighted by Gasteiger charge is 2.35. The molecule has 0 unspecified atom stereocenters. The number of non-ortho nitro benzene ring substituents is 1. The van der Waals surface area contributed by atoms with E-state index in [9.17, 15) is 20.3 Å². The Morgan fingerprint density at radius 2 is 2.10 bits per heavy atom. The zero-order valence-corrected chi connectivity index (χ0v) is 15.8. The van der Waals surface area contributed by atoms with Gasteiger partial charge in [0.25, 0.3) is 5.69 Å². The highest BCUT2D eigenvalue weighted by molar-refractivity contribution is 5.77. The molecule has 0 spiro atoms. The SMILES string of the molecule is Nc1nc(OCCc2ccc([N+](=O)[O-])cc2)c2ncn([C@@H]3C[C@@H](O)[C@@H](CO)O3)c2n1. The van der Waals surface area contributed by atoms with Crippen LogP contribution in [0.1, 0.15) is 18.2 Å². The summed E-state index contributed by atoms with van der Waals surface area (Å²) >= 11 is 0. The standard InChI is InChI=1S/C18H20N6O6/c19-18-21-16-15(20-9-23(16)14-7-12(26)13(8-25)30-14)17(22-18)29-6-5-10-1-3-11(4-2-10)24(27)28/h1-4,9,12-14,25-26H,5-8H2,(H2,19,21,22)/t12-,13-,14+/m1/s1. The first-order chi connectivity index (χ1) is 14.5. The molecule has 0 aliphatic carbocycles. The summed E-state index contributed by atoms with van der Waals surface area (Å²) in [5.41, 5.74) is 7.50. The predicted octanol–water partition coefficient (Wildman–Crippen LogP) is 0.579. The number of aliphatic hydroxyl groups excluding tert-OH is 2. The van der Waals surface area contributed by atoms with Gasteiger partial charge in [-0.05, 0) is 5.56 Å². The lowest BCUT2D eigenvalue weighted by Gasteiger charge is -2.14. The van der Waals surface area contributed by atoms with E-state index in [2.05, 4.69) is 15.0 Å². The lowest BCUT2D eigenvalue weighted by atomic mass is 10.1. The van der Waals surface area contributed by atoms with Gasteiger partial charge in [-0.25, -0.2) is 4.98 Å². The van der Waals surface area contributed by atoms with Gasteiger partial charge in [0, 0.05) is 25.0 Å². The Kier molecular flexibility index (Phi) is 5.44. The van der Waals surface area contributed by atoms with Crippen LogP contribution in [-0.2, 0) is 11.2 Å². The lowest BCUT2D eigenvalue weighted by Crippen LogP contribution is -2.24. The number of nitro groups is 1. The third-order valence-corrected chi connectivity index (χ3v) is 4.88. The second kappa shape index (κ2) is 8.18. The first-order valence-electron chi connectivity index (χ1n) is 9.27. The van der Waals surface area contributed by atoms with Crippen LogP contribution in [0.5, 0.6) is 5.88 Å². The summed E-state index contributed by atoms with van der Waals surface area (Å²) in [5, 5.41) is 30.0. The van der Waals surface area contributed by atoms with Crippen LogP contribution in [0.2, 0.25) is 0 Å². The highest BCUT2D eigenvalue weighted by atomic mass is 16.6. The maximum Gasteiger partial charge on any atom is 0.269 e. The molecular formula is C18H20N6O6. The molecule has 1 aliphatic rings. The van der Waals surface area contributed by atoms with Crippen LogP contribution < -0.4 is 10.5 Å². The van der Waals surface area contributed by atoms with Crippen molar-refractivity contribution in [2.24, 2.45) is 0 Å². The van der Waals surface area contributed by atoms with E-state index in [0.717, 1.165) is 5.56 Å². The van der Waals surface area contributed by atoms with Crippen LogP contribution in [0.4, 0.5) is 11.6 Å². The number of nitrogens with two attached hydrogens (primary N) is 1. The number of hydrogen-bond acceptors (Lipinski definition) is 10. The maximum atomic E-state index is 10.7. The van der Waals surface area contributed by atoms with Crippen LogP contribution in [0, 0.1) is 10.1 Å². The van der Waals surface area contributed by atoms with Gasteiger partial charge in [0.05, 0.1) is 30.6 Å². The fraction of sp³-hybridized carbons (Fsp3) is 0.389. The average molecular weight is 416 g/mol. The maximum absolute atomic E-state index is 10.7. The molecule has 2 aromatic heterocycles. The lowest BCUT2D eigenvalue weighted by molar-refractivity contribution is -0.384. The zero-order chi connectivity index (χ0) is 21.3. The van der Waals surface area contributed by atoms with Crippen molar-refractivity contribution < 1.29 is 24.6 Å². The average Bonchev–Trinajstić information content (AvgIpc) is 3.31. The second-order valence-corrected chi connectivity index (χ2v) is 6.85. The van der Waals surface area contributed by atoms with E-state index in [1.165, 1.54) is 18.5 Å². The number of rotatable bonds is 7. The van der Waals surface area contributed by atoms with Crippen molar-refractivity contribution in [3.63, 3.8) is 0 Å². The van der Waals surface area contributed by atoms with E-state index < -0.39 is 23.4 Å². The summed E-state index contributed by atoms with van der Waals surface area (Å²) in [4.78, 5) is 22.9. The van der Waals surface area contributed by atoms with Gasteiger partial charge in [0.1, 0.15) is 12.3 Å². The number of nitrogens with zero attached hydrogens (tertiary/aromatic N) is 5. The van der Waals surface area contributed by atoms with Gasteiger partial charge >= 0.3 is 0 Å². The van der Waals surface area contributed by atoms with Crippen molar-refractivity contribution in [2.75, 3.05) is 18.9 Å². The summed E-state index contributed by atoms with van der Waals surface area (Å²) in [7, 11) is 0. The number of anilines is 1. The van der Waals surface area contributed by atoms with Crippen LogP contribution in [-0.4, -0.2) is 60.1 Å². The fourth-order valence-corrected chi connectivity index (χ4v) is 3.32.